The van der Waals surface area contributed by atoms with Crippen LogP contribution in [0.3, 0.4) is 0 Å². The molecule has 9 heteroatoms. The summed E-state index contributed by atoms with van der Waals surface area (Å²) in [4.78, 5) is 13.1. The van der Waals surface area contributed by atoms with Gasteiger partial charge >= 0.3 is 0 Å². The molecule has 5 nitrogen and oxygen atoms in total. The summed E-state index contributed by atoms with van der Waals surface area (Å²) in [6, 6.07) is 13.3. The Hall–Kier alpha value is -2.87. The molecule has 1 N–H and O–H groups in total. The topological polar surface area (TPSA) is 56.2 Å². The Labute approximate surface area is 192 Å². The second-order valence-corrected chi connectivity index (χ2v) is 8.39. The van der Waals surface area contributed by atoms with Crippen molar-refractivity contribution < 1.29 is 13.9 Å². The molecule has 1 amide bonds. The zero-order valence-corrected chi connectivity index (χ0v) is 18.3. The summed E-state index contributed by atoms with van der Waals surface area (Å²) in [6.45, 7) is 0.662. The highest BCUT2D eigenvalue weighted by atomic mass is 35.5. The fourth-order valence-electron chi connectivity index (χ4n) is 2.83. The zero-order chi connectivity index (χ0) is 21.8. The first-order valence-electron chi connectivity index (χ1n) is 9.20. The van der Waals surface area contributed by atoms with Gasteiger partial charge in [0.05, 0.1) is 33.4 Å². The summed E-state index contributed by atoms with van der Waals surface area (Å²) in [5.41, 5.74) is 2.30. The molecule has 0 aliphatic heterocycles. The van der Waals surface area contributed by atoms with Crippen LogP contribution in [-0.2, 0) is 13.2 Å². The van der Waals surface area contributed by atoms with Crippen molar-refractivity contribution in [2.75, 3.05) is 5.32 Å². The number of para-hydroxylation sites is 1. The summed E-state index contributed by atoms with van der Waals surface area (Å²) in [5, 5.41) is 9.86. The van der Waals surface area contributed by atoms with Crippen molar-refractivity contribution in [2.24, 2.45) is 0 Å². The number of aromatic nitrogens is 2. The van der Waals surface area contributed by atoms with Crippen LogP contribution in [0.15, 0.2) is 66.3 Å². The molecule has 31 heavy (non-hydrogen) atoms. The van der Waals surface area contributed by atoms with E-state index in [9.17, 15) is 9.18 Å². The van der Waals surface area contributed by atoms with Gasteiger partial charge in [0.2, 0.25) is 0 Å². The van der Waals surface area contributed by atoms with Crippen LogP contribution in [0, 0.1) is 5.82 Å². The molecule has 0 bridgehead atoms. The van der Waals surface area contributed by atoms with Gasteiger partial charge in [0.1, 0.15) is 6.61 Å². The highest BCUT2D eigenvalue weighted by Crippen LogP contribution is 2.24. The number of nitrogens with zero attached hydrogens (tertiary/aromatic N) is 2. The highest BCUT2D eigenvalue weighted by molar-refractivity contribution is 7.12. The number of benzene rings is 2. The molecular formula is C22H16Cl2FN3O2S. The molecule has 0 saturated heterocycles. The summed E-state index contributed by atoms with van der Waals surface area (Å²) in [5.74, 6) is -0.501. The molecule has 0 saturated carbocycles. The van der Waals surface area contributed by atoms with E-state index < -0.39 is 5.82 Å². The lowest BCUT2D eigenvalue weighted by molar-refractivity contribution is 0.103. The summed E-state index contributed by atoms with van der Waals surface area (Å²) in [6.07, 6.45) is 3.31. The molecule has 2 aromatic carbocycles. The molecule has 0 unspecified atom stereocenters. The monoisotopic (exact) mass is 475 g/mol. The van der Waals surface area contributed by atoms with Gasteiger partial charge in [0.15, 0.2) is 11.6 Å². The van der Waals surface area contributed by atoms with E-state index in [2.05, 4.69) is 10.4 Å². The number of rotatable bonds is 7. The SMILES string of the molecule is O=C(Nc1cnn(Cc2ccc(Cl)c(Cl)c2)c1)c1cc(COc2ccccc2F)cs1. The van der Waals surface area contributed by atoms with Crippen molar-refractivity contribution in [3.05, 3.63) is 98.2 Å². The Morgan fingerprint density at radius 3 is 2.77 bits per heavy atom. The smallest absolute Gasteiger partial charge is 0.265 e. The molecule has 0 fully saturated rings. The molecule has 0 atom stereocenters. The first-order chi connectivity index (χ1) is 15.0. The lowest BCUT2D eigenvalue weighted by Crippen LogP contribution is -2.09. The first kappa shape index (κ1) is 21.4. The average molecular weight is 476 g/mol. The molecule has 0 radical (unpaired) electrons. The number of hydrogen-bond acceptors (Lipinski definition) is 4. The number of hydrogen-bond donors (Lipinski definition) is 1. The van der Waals surface area contributed by atoms with Gasteiger partial charge in [-0.1, -0.05) is 41.4 Å². The summed E-state index contributed by atoms with van der Waals surface area (Å²) >= 11 is 13.3. The second kappa shape index (κ2) is 9.51. The number of carbonyl (C=O) groups excluding carboxylic acids is 1. The fourth-order valence-corrected chi connectivity index (χ4v) is 3.94. The number of carbonyl (C=O) groups is 1. The quantitative estimate of drug-likeness (QED) is 0.342. The van der Waals surface area contributed by atoms with Gasteiger partial charge in [0.25, 0.3) is 5.91 Å². The van der Waals surface area contributed by atoms with Crippen molar-refractivity contribution in [1.82, 2.24) is 9.78 Å². The maximum Gasteiger partial charge on any atom is 0.265 e. The number of thiophene rings is 1. The summed E-state index contributed by atoms with van der Waals surface area (Å²) in [7, 11) is 0. The highest BCUT2D eigenvalue weighted by Gasteiger charge is 2.12. The van der Waals surface area contributed by atoms with Crippen LogP contribution in [0.1, 0.15) is 20.8 Å². The van der Waals surface area contributed by atoms with Crippen molar-refractivity contribution in [3.8, 4) is 5.75 Å². The van der Waals surface area contributed by atoms with Crippen LogP contribution in [0.2, 0.25) is 10.0 Å². The number of anilines is 1. The van der Waals surface area contributed by atoms with Crippen LogP contribution in [0.4, 0.5) is 10.1 Å². The number of ether oxygens (including phenoxy) is 1. The number of nitrogens with one attached hydrogen (secondary N) is 1. The first-order valence-corrected chi connectivity index (χ1v) is 10.8. The Balaban J connectivity index is 1.34. The Bertz CT molecular complexity index is 1220. The fraction of sp³-hybridized carbons (Fsp3) is 0.0909. The van der Waals surface area contributed by atoms with Gasteiger partial charge < -0.3 is 10.1 Å². The van der Waals surface area contributed by atoms with Crippen molar-refractivity contribution in [3.63, 3.8) is 0 Å². The average Bonchev–Trinajstić information content (AvgIpc) is 3.40. The molecular weight excluding hydrogens is 460 g/mol. The predicted molar refractivity (Wildman–Crippen MR) is 121 cm³/mol. The van der Waals surface area contributed by atoms with Gasteiger partial charge in [-0.15, -0.1) is 11.3 Å². The van der Waals surface area contributed by atoms with Crippen LogP contribution >= 0.6 is 34.5 Å². The second-order valence-electron chi connectivity index (χ2n) is 6.67. The number of amides is 1. The van der Waals surface area contributed by atoms with E-state index in [0.717, 1.165) is 11.1 Å². The molecule has 158 valence electrons. The standard InChI is InChI=1S/C22H16Cl2FN3O2S/c23-17-6-5-14(7-18(17)24)10-28-11-16(9-26-28)27-22(29)21-8-15(13-31-21)12-30-20-4-2-1-3-19(20)25/h1-9,11,13H,10,12H2,(H,27,29). The maximum atomic E-state index is 13.6. The zero-order valence-electron chi connectivity index (χ0n) is 16.0. The van der Waals surface area contributed by atoms with E-state index in [-0.39, 0.29) is 18.3 Å². The van der Waals surface area contributed by atoms with Crippen LogP contribution in [0.25, 0.3) is 0 Å². The predicted octanol–water partition coefficient (Wildman–Crippen LogP) is 6.27. The van der Waals surface area contributed by atoms with Crippen LogP contribution in [0.5, 0.6) is 5.75 Å². The Morgan fingerprint density at radius 1 is 1.13 bits per heavy atom. The minimum atomic E-state index is -0.423. The molecule has 2 aromatic heterocycles. The minimum Gasteiger partial charge on any atom is -0.486 e. The molecule has 0 aliphatic carbocycles. The Morgan fingerprint density at radius 2 is 1.97 bits per heavy atom. The molecule has 4 rings (SSSR count). The third-order valence-electron chi connectivity index (χ3n) is 4.33. The molecule has 0 spiro atoms. The van der Waals surface area contributed by atoms with Gasteiger partial charge in [-0.25, -0.2) is 4.39 Å². The third-order valence-corrected chi connectivity index (χ3v) is 6.05. The van der Waals surface area contributed by atoms with Gasteiger partial charge in [-0.05, 0) is 41.3 Å². The van der Waals surface area contributed by atoms with E-state index in [0.29, 0.717) is 27.2 Å². The van der Waals surface area contributed by atoms with Crippen molar-refractivity contribution in [2.45, 2.75) is 13.2 Å². The van der Waals surface area contributed by atoms with Crippen LogP contribution in [-0.4, -0.2) is 15.7 Å². The van der Waals surface area contributed by atoms with E-state index in [1.54, 1.807) is 53.5 Å². The maximum absolute atomic E-state index is 13.6. The van der Waals surface area contributed by atoms with E-state index >= 15 is 0 Å². The van der Waals surface area contributed by atoms with E-state index in [1.165, 1.54) is 17.4 Å². The number of halogens is 3. The van der Waals surface area contributed by atoms with Gasteiger partial charge in [-0.3, -0.25) is 9.48 Å². The van der Waals surface area contributed by atoms with E-state index in [4.69, 9.17) is 27.9 Å². The lowest BCUT2D eigenvalue weighted by Gasteiger charge is -2.05. The van der Waals surface area contributed by atoms with Crippen molar-refractivity contribution in [1.29, 1.82) is 0 Å². The largest absolute Gasteiger partial charge is 0.486 e. The van der Waals surface area contributed by atoms with Gasteiger partial charge in [0, 0.05) is 11.8 Å². The van der Waals surface area contributed by atoms with Gasteiger partial charge in [-0.2, -0.15) is 5.10 Å². The summed E-state index contributed by atoms with van der Waals surface area (Å²) < 4.78 is 20.8. The van der Waals surface area contributed by atoms with Crippen molar-refractivity contribution >= 4 is 46.1 Å². The normalized spacial score (nSPS) is 10.8. The Kier molecular flexibility index (Phi) is 6.56. The molecule has 0 aliphatic rings. The molecule has 2 heterocycles. The molecule has 4 aromatic rings. The minimum absolute atomic E-state index is 0.173. The van der Waals surface area contributed by atoms with Crippen LogP contribution < -0.4 is 10.1 Å². The lowest BCUT2D eigenvalue weighted by atomic mass is 10.2. The van der Waals surface area contributed by atoms with E-state index in [1.807, 2.05) is 11.4 Å². The third kappa shape index (κ3) is 5.44.